The third-order valence-electron chi connectivity index (χ3n) is 3.97. The van der Waals surface area contributed by atoms with Crippen LogP contribution in [0.1, 0.15) is 12.8 Å². The highest BCUT2D eigenvalue weighted by molar-refractivity contribution is 5.93. The molecule has 2 N–H and O–H groups in total. The van der Waals surface area contributed by atoms with Gasteiger partial charge in [-0.3, -0.25) is 4.79 Å². The minimum Gasteiger partial charge on any atom is -0.369 e. The lowest BCUT2D eigenvalue weighted by molar-refractivity contribution is -0.123. The van der Waals surface area contributed by atoms with Gasteiger partial charge in [0.15, 0.2) is 0 Å². The highest BCUT2D eigenvalue weighted by Crippen LogP contribution is 2.26. The molecule has 0 radical (unpaired) electrons. The van der Waals surface area contributed by atoms with E-state index in [1.54, 1.807) is 12.1 Å². The van der Waals surface area contributed by atoms with Crippen LogP contribution in [-0.2, 0) is 4.79 Å². The number of rotatable bonds is 2. The van der Waals surface area contributed by atoms with Gasteiger partial charge in [-0.1, -0.05) is 0 Å². The number of hydrogen-bond acceptors (Lipinski definition) is 3. The molecule has 2 aliphatic heterocycles. The first-order valence-corrected chi connectivity index (χ1v) is 7.50. The van der Waals surface area contributed by atoms with E-state index in [-0.39, 0.29) is 24.3 Å². The first-order valence-electron chi connectivity index (χ1n) is 7.50. The highest BCUT2D eigenvalue weighted by Gasteiger charge is 2.22. The molecule has 3 rings (SSSR count). The summed E-state index contributed by atoms with van der Waals surface area (Å²) in [7, 11) is 0. The van der Waals surface area contributed by atoms with Crippen LogP contribution in [0.15, 0.2) is 18.2 Å². The number of nitrogens with one attached hydrogen (secondary N) is 2. The molecule has 0 spiro atoms. The Labute approximate surface area is 128 Å². The van der Waals surface area contributed by atoms with Crippen molar-refractivity contribution >= 4 is 23.3 Å². The Kier molecular flexibility index (Phi) is 4.13. The summed E-state index contributed by atoms with van der Waals surface area (Å²) < 4.78 is 14.2. The Morgan fingerprint density at radius 2 is 2.00 bits per heavy atom. The largest absolute Gasteiger partial charge is 0.369 e. The second-order valence-corrected chi connectivity index (χ2v) is 5.56. The number of hydrogen-bond donors (Lipinski definition) is 2. The van der Waals surface area contributed by atoms with Gasteiger partial charge < -0.3 is 20.4 Å². The fourth-order valence-electron chi connectivity index (χ4n) is 2.81. The number of anilines is 2. The van der Waals surface area contributed by atoms with E-state index in [1.165, 1.54) is 11.0 Å². The fraction of sp³-hybridized carbons (Fsp3) is 0.467. The first-order chi connectivity index (χ1) is 10.6. The van der Waals surface area contributed by atoms with Crippen LogP contribution in [0.5, 0.6) is 0 Å². The van der Waals surface area contributed by atoms with Crippen LogP contribution >= 0.6 is 0 Å². The summed E-state index contributed by atoms with van der Waals surface area (Å²) >= 11 is 0. The molecule has 7 heteroatoms. The first kappa shape index (κ1) is 14.6. The number of carbonyl (C=O) groups excluding carboxylic acids is 2. The molecule has 22 heavy (non-hydrogen) atoms. The number of benzene rings is 1. The smallest absolute Gasteiger partial charge is 0.322 e. The highest BCUT2D eigenvalue weighted by atomic mass is 19.1. The van der Waals surface area contributed by atoms with Gasteiger partial charge in [-0.05, 0) is 31.0 Å². The van der Waals surface area contributed by atoms with Crippen LogP contribution < -0.4 is 15.5 Å². The van der Waals surface area contributed by atoms with Crippen molar-refractivity contribution in [3.63, 3.8) is 0 Å². The second-order valence-electron chi connectivity index (χ2n) is 5.56. The summed E-state index contributed by atoms with van der Waals surface area (Å²) in [6.45, 7) is 2.65. The quantitative estimate of drug-likeness (QED) is 0.868. The van der Waals surface area contributed by atoms with E-state index in [0.29, 0.717) is 24.5 Å². The maximum Gasteiger partial charge on any atom is 0.322 e. The molecule has 0 aromatic heterocycles. The van der Waals surface area contributed by atoms with E-state index in [9.17, 15) is 14.0 Å². The van der Waals surface area contributed by atoms with Crippen LogP contribution in [0.2, 0.25) is 0 Å². The predicted molar refractivity (Wildman–Crippen MR) is 81.4 cm³/mol. The van der Waals surface area contributed by atoms with E-state index in [2.05, 4.69) is 10.6 Å². The lowest BCUT2D eigenvalue weighted by Crippen LogP contribution is -2.51. The Hall–Kier alpha value is -2.31. The zero-order valence-electron chi connectivity index (χ0n) is 12.3. The molecule has 2 saturated heterocycles. The summed E-state index contributed by atoms with van der Waals surface area (Å²) in [5.41, 5.74) is 0.976. The third-order valence-corrected chi connectivity index (χ3v) is 3.97. The van der Waals surface area contributed by atoms with Gasteiger partial charge in [0.25, 0.3) is 0 Å². The van der Waals surface area contributed by atoms with Crippen molar-refractivity contribution in [1.29, 1.82) is 0 Å². The normalized spacial score (nSPS) is 18.3. The second kappa shape index (κ2) is 6.21. The van der Waals surface area contributed by atoms with Gasteiger partial charge >= 0.3 is 6.03 Å². The van der Waals surface area contributed by atoms with E-state index >= 15 is 0 Å². The topological polar surface area (TPSA) is 64.7 Å². The molecular formula is C15H19FN4O2. The number of piperazine rings is 1. The molecule has 0 aliphatic carbocycles. The molecule has 1 aromatic rings. The van der Waals surface area contributed by atoms with Crippen LogP contribution in [-0.4, -0.2) is 49.6 Å². The van der Waals surface area contributed by atoms with Crippen LogP contribution in [0.4, 0.5) is 20.6 Å². The lowest BCUT2D eigenvalue weighted by Gasteiger charge is -2.27. The van der Waals surface area contributed by atoms with E-state index in [4.69, 9.17) is 0 Å². The van der Waals surface area contributed by atoms with E-state index < -0.39 is 0 Å². The Morgan fingerprint density at radius 3 is 2.68 bits per heavy atom. The Morgan fingerprint density at radius 1 is 1.23 bits per heavy atom. The van der Waals surface area contributed by atoms with Crippen molar-refractivity contribution < 1.29 is 14.0 Å². The van der Waals surface area contributed by atoms with Crippen molar-refractivity contribution in [2.24, 2.45) is 0 Å². The zero-order valence-corrected chi connectivity index (χ0v) is 12.3. The molecule has 2 aliphatic rings. The maximum atomic E-state index is 14.2. The van der Waals surface area contributed by atoms with Gasteiger partial charge in [-0.2, -0.15) is 0 Å². The number of amides is 3. The molecule has 6 nitrogen and oxygen atoms in total. The molecular weight excluding hydrogens is 287 g/mol. The molecule has 0 saturated carbocycles. The van der Waals surface area contributed by atoms with Gasteiger partial charge in [-0.25, -0.2) is 9.18 Å². The summed E-state index contributed by atoms with van der Waals surface area (Å²) in [5.74, 6) is -0.520. The van der Waals surface area contributed by atoms with Gasteiger partial charge in [0.2, 0.25) is 5.91 Å². The Bertz CT molecular complexity index is 587. The monoisotopic (exact) mass is 306 g/mol. The standard InChI is InChI=1S/C15H19FN4O2/c16-12-9-11(3-4-13(12)19-6-1-2-7-19)18-15(22)20-8-5-17-14(21)10-20/h3-4,9H,1-2,5-8,10H2,(H,17,21)(H,18,22). The van der Waals surface area contributed by atoms with E-state index in [1.807, 2.05) is 4.90 Å². The van der Waals surface area contributed by atoms with Gasteiger partial charge in [0.1, 0.15) is 12.4 Å². The van der Waals surface area contributed by atoms with Crippen molar-refractivity contribution in [2.45, 2.75) is 12.8 Å². The van der Waals surface area contributed by atoms with Gasteiger partial charge in [0, 0.05) is 31.9 Å². The summed E-state index contributed by atoms with van der Waals surface area (Å²) in [6, 6.07) is 4.33. The minimum atomic E-state index is -0.386. The van der Waals surface area contributed by atoms with E-state index in [0.717, 1.165) is 25.9 Å². The lowest BCUT2D eigenvalue weighted by atomic mass is 10.2. The third kappa shape index (κ3) is 3.13. The van der Waals surface area contributed by atoms with Crippen molar-refractivity contribution in [1.82, 2.24) is 10.2 Å². The summed E-state index contributed by atoms with van der Waals surface area (Å²) in [6.07, 6.45) is 2.16. The van der Waals surface area contributed by atoms with Crippen molar-refractivity contribution in [3.05, 3.63) is 24.0 Å². The molecule has 3 amide bonds. The number of carbonyl (C=O) groups is 2. The average Bonchev–Trinajstić information content (AvgIpc) is 3.01. The molecule has 0 unspecified atom stereocenters. The van der Waals surface area contributed by atoms with Crippen molar-refractivity contribution in [2.75, 3.05) is 42.9 Å². The molecule has 0 atom stereocenters. The summed E-state index contributed by atoms with van der Waals surface area (Å²) in [4.78, 5) is 26.8. The number of urea groups is 1. The SMILES string of the molecule is O=C1CN(C(=O)Nc2ccc(N3CCCC3)c(F)c2)CCN1. The molecule has 0 bridgehead atoms. The number of nitrogens with zero attached hydrogens (tertiary/aromatic N) is 2. The minimum absolute atomic E-state index is 0.0280. The predicted octanol–water partition coefficient (Wildman–Crippen LogP) is 1.39. The zero-order chi connectivity index (χ0) is 15.5. The van der Waals surface area contributed by atoms with Crippen LogP contribution in [0, 0.1) is 5.82 Å². The molecule has 1 aromatic carbocycles. The summed E-state index contributed by atoms with van der Waals surface area (Å²) in [5, 5.41) is 5.29. The number of halogens is 1. The molecule has 118 valence electrons. The van der Waals surface area contributed by atoms with Gasteiger partial charge in [-0.15, -0.1) is 0 Å². The van der Waals surface area contributed by atoms with Crippen LogP contribution in [0.25, 0.3) is 0 Å². The molecule has 2 fully saturated rings. The van der Waals surface area contributed by atoms with Gasteiger partial charge in [0.05, 0.1) is 5.69 Å². The Balaban J connectivity index is 1.66. The molecule has 2 heterocycles. The fourth-order valence-corrected chi connectivity index (χ4v) is 2.81. The maximum absolute atomic E-state index is 14.2. The average molecular weight is 306 g/mol. The van der Waals surface area contributed by atoms with Crippen LogP contribution in [0.3, 0.4) is 0 Å². The van der Waals surface area contributed by atoms with Crippen molar-refractivity contribution in [3.8, 4) is 0 Å².